The van der Waals surface area contributed by atoms with Gasteiger partial charge < -0.3 is 15.4 Å². The van der Waals surface area contributed by atoms with Gasteiger partial charge in [-0.25, -0.2) is 0 Å². The predicted molar refractivity (Wildman–Crippen MR) is 100 cm³/mol. The van der Waals surface area contributed by atoms with Crippen molar-refractivity contribution in [3.05, 3.63) is 64.7 Å². The first-order valence-corrected chi connectivity index (χ1v) is 8.81. The van der Waals surface area contributed by atoms with Gasteiger partial charge in [-0.2, -0.15) is 0 Å². The van der Waals surface area contributed by atoms with Crippen LogP contribution in [-0.4, -0.2) is 26.0 Å². The van der Waals surface area contributed by atoms with E-state index in [4.69, 9.17) is 16.3 Å². The third-order valence-electron chi connectivity index (χ3n) is 4.81. The van der Waals surface area contributed by atoms with Gasteiger partial charge in [0.05, 0.1) is 17.5 Å². The minimum absolute atomic E-state index is 0.170. The van der Waals surface area contributed by atoms with E-state index in [0.29, 0.717) is 10.8 Å². The molecular weight excluding hydrogens is 352 g/mol. The van der Waals surface area contributed by atoms with Crippen molar-refractivity contribution in [1.29, 1.82) is 0 Å². The lowest BCUT2D eigenvalue weighted by atomic mass is 9.93. The Bertz CT molecular complexity index is 819. The first-order chi connectivity index (χ1) is 12.5. The molecule has 2 N–H and O–H groups in total. The van der Waals surface area contributed by atoms with E-state index < -0.39 is 11.5 Å². The van der Waals surface area contributed by atoms with Crippen molar-refractivity contribution in [2.24, 2.45) is 0 Å². The zero-order valence-corrected chi connectivity index (χ0v) is 15.5. The average molecular weight is 373 g/mol. The van der Waals surface area contributed by atoms with Crippen LogP contribution in [0, 0.1) is 0 Å². The van der Waals surface area contributed by atoms with Crippen LogP contribution in [0.5, 0.6) is 5.75 Å². The molecule has 1 unspecified atom stereocenters. The summed E-state index contributed by atoms with van der Waals surface area (Å²) in [5.41, 5.74) is 0.935. The molecule has 1 saturated carbocycles. The van der Waals surface area contributed by atoms with Crippen LogP contribution < -0.4 is 15.4 Å². The van der Waals surface area contributed by atoms with E-state index in [0.717, 1.165) is 24.0 Å². The molecule has 26 heavy (non-hydrogen) atoms. The maximum atomic E-state index is 13.0. The van der Waals surface area contributed by atoms with Crippen molar-refractivity contribution in [2.75, 3.05) is 14.2 Å². The number of hydrogen-bond acceptors (Lipinski definition) is 3. The molecule has 0 bridgehead atoms. The molecule has 1 atom stereocenters. The van der Waals surface area contributed by atoms with E-state index in [1.54, 1.807) is 26.3 Å². The Labute approximate surface area is 157 Å². The largest absolute Gasteiger partial charge is 0.495 e. The van der Waals surface area contributed by atoms with Crippen molar-refractivity contribution in [2.45, 2.75) is 24.3 Å². The topological polar surface area (TPSA) is 67.4 Å². The lowest BCUT2D eigenvalue weighted by Crippen LogP contribution is -2.43. The van der Waals surface area contributed by atoms with Gasteiger partial charge in [0.1, 0.15) is 11.8 Å². The summed E-state index contributed by atoms with van der Waals surface area (Å²) in [7, 11) is 3.11. The highest BCUT2D eigenvalue weighted by atomic mass is 35.5. The first kappa shape index (κ1) is 18.3. The number of benzene rings is 2. The molecule has 0 radical (unpaired) electrons. The van der Waals surface area contributed by atoms with Gasteiger partial charge in [-0.05, 0) is 36.1 Å². The van der Waals surface area contributed by atoms with Gasteiger partial charge >= 0.3 is 0 Å². The van der Waals surface area contributed by atoms with Gasteiger partial charge in [0.25, 0.3) is 0 Å². The number of likely N-dealkylation sites (N-methyl/N-ethyl adjacent to an activating group) is 1. The molecule has 1 fully saturated rings. The Morgan fingerprint density at radius 3 is 2.38 bits per heavy atom. The molecule has 0 aliphatic heterocycles. The van der Waals surface area contributed by atoms with E-state index >= 15 is 0 Å². The van der Waals surface area contributed by atoms with Crippen molar-refractivity contribution in [3.63, 3.8) is 0 Å². The number of rotatable bonds is 6. The van der Waals surface area contributed by atoms with Crippen LogP contribution in [-0.2, 0) is 15.0 Å². The third-order valence-corrected chi connectivity index (χ3v) is 5.10. The Morgan fingerprint density at radius 2 is 1.85 bits per heavy atom. The molecule has 2 amide bonds. The summed E-state index contributed by atoms with van der Waals surface area (Å²) < 4.78 is 5.18. The minimum Gasteiger partial charge on any atom is -0.495 e. The van der Waals surface area contributed by atoms with Crippen LogP contribution in [0.25, 0.3) is 0 Å². The lowest BCUT2D eigenvalue weighted by molar-refractivity contribution is -0.130. The summed E-state index contributed by atoms with van der Waals surface area (Å²) in [4.78, 5) is 25.3. The summed E-state index contributed by atoms with van der Waals surface area (Å²) in [5, 5.41) is 5.99. The summed E-state index contributed by atoms with van der Waals surface area (Å²) in [6.45, 7) is 0. The van der Waals surface area contributed by atoms with Crippen LogP contribution in [0.3, 0.4) is 0 Å². The Balaban J connectivity index is 1.85. The molecule has 5 nitrogen and oxygen atoms in total. The van der Waals surface area contributed by atoms with Crippen molar-refractivity contribution in [3.8, 4) is 5.75 Å². The fourth-order valence-electron chi connectivity index (χ4n) is 3.10. The smallest absolute Gasteiger partial charge is 0.246 e. The van der Waals surface area contributed by atoms with Gasteiger partial charge in [-0.3, -0.25) is 9.59 Å². The Kier molecular flexibility index (Phi) is 5.18. The number of ether oxygens (including phenoxy) is 1. The summed E-state index contributed by atoms with van der Waals surface area (Å²) >= 11 is 6.22. The van der Waals surface area contributed by atoms with E-state index in [2.05, 4.69) is 10.6 Å². The van der Waals surface area contributed by atoms with Crippen LogP contribution in [0.4, 0.5) is 0 Å². The van der Waals surface area contributed by atoms with Crippen LogP contribution in [0.15, 0.2) is 48.5 Å². The number of carbonyl (C=O) groups is 2. The predicted octanol–water partition coefficient (Wildman–Crippen LogP) is 2.98. The highest BCUT2D eigenvalue weighted by molar-refractivity contribution is 6.32. The van der Waals surface area contributed by atoms with Gasteiger partial charge in [-0.1, -0.05) is 48.0 Å². The van der Waals surface area contributed by atoms with Gasteiger partial charge in [0, 0.05) is 7.05 Å². The summed E-state index contributed by atoms with van der Waals surface area (Å²) in [5.74, 6) is 0.142. The van der Waals surface area contributed by atoms with E-state index in [9.17, 15) is 9.59 Å². The van der Waals surface area contributed by atoms with Crippen molar-refractivity contribution < 1.29 is 14.3 Å². The molecule has 1 aliphatic rings. The average Bonchev–Trinajstić information content (AvgIpc) is 3.48. The molecule has 1 aliphatic carbocycles. The molecule has 0 spiro atoms. The first-order valence-electron chi connectivity index (χ1n) is 8.43. The maximum Gasteiger partial charge on any atom is 0.246 e. The number of nitrogens with one attached hydrogen (secondary N) is 2. The summed E-state index contributed by atoms with van der Waals surface area (Å²) in [6.07, 6.45) is 1.44. The molecule has 136 valence electrons. The van der Waals surface area contributed by atoms with Crippen LogP contribution >= 0.6 is 11.6 Å². The van der Waals surface area contributed by atoms with Crippen LogP contribution in [0.2, 0.25) is 5.02 Å². The zero-order valence-electron chi connectivity index (χ0n) is 14.7. The Morgan fingerprint density at radius 1 is 1.15 bits per heavy atom. The maximum absolute atomic E-state index is 13.0. The second-order valence-electron chi connectivity index (χ2n) is 6.36. The van der Waals surface area contributed by atoms with Crippen LogP contribution in [0.1, 0.15) is 30.0 Å². The van der Waals surface area contributed by atoms with E-state index in [1.807, 2.05) is 36.4 Å². The zero-order chi connectivity index (χ0) is 18.7. The Hall–Kier alpha value is -2.53. The molecule has 2 aromatic rings. The second-order valence-corrected chi connectivity index (χ2v) is 6.77. The molecule has 0 heterocycles. The molecule has 0 aromatic heterocycles. The molecular formula is C20H21ClN2O3. The molecule has 3 rings (SSSR count). The van der Waals surface area contributed by atoms with E-state index in [-0.39, 0.29) is 11.8 Å². The number of amides is 2. The fraction of sp³-hybridized carbons (Fsp3) is 0.300. The monoisotopic (exact) mass is 372 g/mol. The second kappa shape index (κ2) is 7.38. The number of hydrogen-bond donors (Lipinski definition) is 2. The lowest BCUT2D eigenvalue weighted by Gasteiger charge is -2.22. The number of methoxy groups -OCH3 is 1. The minimum atomic E-state index is -0.736. The third kappa shape index (κ3) is 3.40. The molecule has 6 heteroatoms. The van der Waals surface area contributed by atoms with Gasteiger partial charge in [0.15, 0.2) is 0 Å². The highest BCUT2D eigenvalue weighted by Crippen LogP contribution is 2.50. The van der Waals surface area contributed by atoms with E-state index in [1.165, 1.54) is 0 Å². The normalized spacial score (nSPS) is 15.7. The summed E-state index contributed by atoms with van der Waals surface area (Å²) in [6, 6.07) is 13.8. The SMILES string of the molecule is CNC(=O)C(NC(=O)C1(c2ccc(OC)c(Cl)c2)CC1)c1ccccc1. The number of carbonyl (C=O) groups excluding carboxylic acids is 2. The molecule has 0 saturated heterocycles. The number of halogens is 1. The molecule has 2 aromatic carbocycles. The quantitative estimate of drug-likeness (QED) is 0.819. The van der Waals surface area contributed by atoms with Gasteiger partial charge in [0.2, 0.25) is 11.8 Å². The van der Waals surface area contributed by atoms with Crippen molar-refractivity contribution >= 4 is 23.4 Å². The highest BCUT2D eigenvalue weighted by Gasteiger charge is 2.52. The fourth-order valence-corrected chi connectivity index (χ4v) is 3.35. The van der Waals surface area contributed by atoms with Gasteiger partial charge in [-0.15, -0.1) is 0 Å². The standard InChI is InChI=1S/C20H21ClN2O3/c1-22-18(24)17(13-6-4-3-5-7-13)23-19(25)20(10-11-20)14-8-9-16(26-2)15(21)12-14/h3-9,12,17H,10-11H2,1-2H3,(H,22,24)(H,23,25). The van der Waals surface area contributed by atoms with Crippen molar-refractivity contribution in [1.82, 2.24) is 10.6 Å².